The number of hydrogen-bond acceptors (Lipinski definition) is 3. The molecule has 1 saturated carbocycles. The van der Waals surface area contributed by atoms with E-state index in [1.165, 1.54) is 12.8 Å². The van der Waals surface area contributed by atoms with Crippen LogP contribution in [0.3, 0.4) is 0 Å². The molecule has 2 aliphatic rings. The van der Waals surface area contributed by atoms with Gasteiger partial charge < -0.3 is 15.3 Å². The van der Waals surface area contributed by atoms with Gasteiger partial charge >= 0.3 is 0 Å². The van der Waals surface area contributed by atoms with Crippen molar-refractivity contribution in [2.24, 2.45) is 5.41 Å². The fourth-order valence-corrected chi connectivity index (χ4v) is 2.89. The summed E-state index contributed by atoms with van der Waals surface area (Å²) in [6.45, 7) is 6.35. The molecular formula is C14H26N2O2. The van der Waals surface area contributed by atoms with Crippen molar-refractivity contribution in [2.75, 3.05) is 19.6 Å². The van der Waals surface area contributed by atoms with Gasteiger partial charge in [-0.25, -0.2) is 0 Å². The van der Waals surface area contributed by atoms with Crippen LogP contribution in [0, 0.1) is 5.41 Å². The Bertz CT molecular complexity index is 296. The molecule has 0 aromatic carbocycles. The van der Waals surface area contributed by atoms with E-state index in [2.05, 4.69) is 19.2 Å². The average molecular weight is 254 g/mol. The van der Waals surface area contributed by atoms with Crippen molar-refractivity contribution in [1.29, 1.82) is 0 Å². The minimum absolute atomic E-state index is 0.0981. The maximum atomic E-state index is 12.1. The van der Waals surface area contributed by atoms with Gasteiger partial charge in [-0.3, -0.25) is 4.79 Å². The lowest BCUT2D eigenvalue weighted by Gasteiger charge is -2.49. The largest absolute Gasteiger partial charge is 0.392 e. The number of rotatable bonds is 3. The zero-order valence-corrected chi connectivity index (χ0v) is 11.6. The normalized spacial score (nSPS) is 31.6. The third-order valence-electron chi connectivity index (χ3n) is 4.67. The van der Waals surface area contributed by atoms with Gasteiger partial charge in [0.05, 0.1) is 12.6 Å². The zero-order chi connectivity index (χ0) is 13.2. The molecule has 4 heteroatoms. The number of likely N-dealkylation sites (tertiary alicyclic amines) is 1. The highest BCUT2D eigenvalue weighted by atomic mass is 16.3. The SMILES string of the molecule is CC1(C)C(O)CC1NCC(=O)N1CCCCCC1. The number of nitrogens with one attached hydrogen (secondary N) is 1. The molecule has 1 aliphatic heterocycles. The quantitative estimate of drug-likeness (QED) is 0.794. The van der Waals surface area contributed by atoms with Crippen molar-refractivity contribution in [3.05, 3.63) is 0 Å². The third-order valence-corrected chi connectivity index (χ3v) is 4.67. The van der Waals surface area contributed by atoms with Gasteiger partial charge in [0.25, 0.3) is 0 Å². The van der Waals surface area contributed by atoms with Crippen LogP contribution >= 0.6 is 0 Å². The van der Waals surface area contributed by atoms with Crippen molar-refractivity contribution in [1.82, 2.24) is 10.2 Å². The van der Waals surface area contributed by atoms with E-state index in [4.69, 9.17) is 0 Å². The molecule has 2 rings (SSSR count). The molecule has 0 aromatic rings. The first-order valence-electron chi connectivity index (χ1n) is 7.21. The highest BCUT2D eigenvalue weighted by molar-refractivity contribution is 5.78. The molecule has 0 radical (unpaired) electrons. The second-order valence-corrected chi connectivity index (χ2v) is 6.30. The standard InChI is InChI=1S/C14H26N2O2/c1-14(2)11(9-12(14)17)15-10-13(18)16-7-5-3-4-6-8-16/h11-12,15,17H,3-10H2,1-2H3. The number of carbonyl (C=O) groups excluding carboxylic acids is 1. The van der Waals surface area contributed by atoms with E-state index in [0.717, 1.165) is 32.4 Å². The fourth-order valence-electron chi connectivity index (χ4n) is 2.89. The van der Waals surface area contributed by atoms with E-state index < -0.39 is 0 Å². The van der Waals surface area contributed by atoms with Gasteiger partial charge in [0, 0.05) is 24.5 Å². The molecule has 2 unspecified atom stereocenters. The summed E-state index contributed by atoms with van der Waals surface area (Å²) >= 11 is 0. The van der Waals surface area contributed by atoms with Crippen molar-refractivity contribution >= 4 is 5.91 Å². The Labute approximate surface area is 110 Å². The number of aliphatic hydroxyl groups excluding tert-OH is 1. The molecule has 2 atom stereocenters. The second kappa shape index (κ2) is 5.57. The number of nitrogens with zero attached hydrogens (tertiary/aromatic N) is 1. The predicted molar refractivity (Wildman–Crippen MR) is 71.2 cm³/mol. The molecule has 2 fully saturated rings. The minimum atomic E-state index is -0.233. The van der Waals surface area contributed by atoms with E-state index in [-0.39, 0.29) is 23.5 Å². The molecule has 0 bridgehead atoms. The number of carbonyl (C=O) groups is 1. The summed E-state index contributed by atoms with van der Waals surface area (Å²) in [5, 5.41) is 13.0. The summed E-state index contributed by atoms with van der Waals surface area (Å²) in [5.41, 5.74) is -0.0981. The molecule has 18 heavy (non-hydrogen) atoms. The second-order valence-electron chi connectivity index (χ2n) is 6.30. The first-order chi connectivity index (χ1) is 8.51. The van der Waals surface area contributed by atoms with Crippen molar-refractivity contribution in [3.63, 3.8) is 0 Å². The highest BCUT2D eigenvalue weighted by Crippen LogP contribution is 2.40. The molecule has 1 amide bonds. The highest BCUT2D eigenvalue weighted by Gasteiger charge is 2.47. The van der Waals surface area contributed by atoms with Crippen LogP contribution in [0.1, 0.15) is 46.0 Å². The summed E-state index contributed by atoms with van der Waals surface area (Å²) < 4.78 is 0. The molecule has 1 heterocycles. The van der Waals surface area contributed by atoms with E-state index >= 15 is 0 Å². The molecule has 1 aliphatic carbocycles. The van der Waals surface area contributed by atoms with E-state index in [9.17, 15) is 9.90 Å². The van der Waals surface area contributed by atoms with Gasteiger partial charge in [-0.05, 0) is 19.3 Å². The number of amides is 1. The predicted octanol–water partition coefficient (Wildman–Crippen LogP) is 1.14. The Morgan fingerprint density at radius 2 is 1.89 bits per heavy atom. The summed E-state index contributed by atoms with van der Waals surface area (Å²) in [5.74, 6) is 0.217. The van der Waals surface area contributed by atoms with Crippen LogP contribution in [0.25, 0.3) is 0 Å². The van der Waals surface area contributed by atoms with Crippen LogP contribution in [-0.4, -0.2) is 47.7 Å². The van der Waals surface area contributed by atoms with Crippen LogP contribution < -0.4 is 5.32 Å². The Morgan fingerprint density at radius 3 is 2.39 bits per heavy atom. The van der Waals surface area contributed by atoms with E-state index in [0.29, 0.717) is 6.54 Å². The topological polar surface area (TPSA) is 52.6 Å². The van der Waals surface area contributed by atoms with Gasteiger partial charge in [0.2, 0.25) is 5.91 Å². The summed E-state index contributed by atoms with van der Waals surface area (Å²) in [6.07, 6.45) is 5.31. The first-order valence-corrected chi connectivity index (χ1v) is 7.21. The average Bonchev–Trinajstić information content (AvgIpc) is 2.62. The van der Waals surface area contributed by atoms with Crippen LogP contribution in [0.4, 0.5) is 0 Å². The summed E-state index contributed by atoms with van der Waals surface area (Å²) in [6, 6.07) is 0.267. The maximum Gasteiger partial charge on any atom is 0.236 e. The van der Waals surface area contributed by atoms with Gasteiger partial charge in [0.1, 0.15) is 0 Å². The van der Waals surface area contributed by atoms with Crippen LogP contribution in [0.2, 0.25) is 0 Å². The lowest BCUT2D eigenvalue weighted by molar-refractivity contribution is -0.132. The fraction of sp³-hybridized carbons (Fsp3) is 0.929. The van der Waals surface area contributed by atoms with E-state index in [1.54, 1.807) is 0 Å². The molecule has 104 valence electrons. The Kier molecular flexibility index (Phi) is 4.28. The molecule has 2 N–H and O–H groups in total. The maximum absolute atomic E-state index is 12.1. The van der Waals surface area contributed by atoms with Gasteiger partial charge in [-0.2, -0.15) is 0 Å². The molecular weight excluding hydrogens is 228 g/mol. The summed E-state index contributed by atoms with van der Waals surface area (Å²) in [4.78, 5) is 14.1. The van der Waals surface area contributed by atoms with Gasteiger partial charge in [-0.1, -0.05) is 26.7 Å². The van der Waals surface area contributed by atoms with Gasteiger partial charge in [0.15, 0.2) is 0 Å². The lowest BCUT2D eigenvalue weighted by atomic mass is 9.64. The lowest BCUT2D eigenvalue weighted by Crippen LogP contribution is -2.61. The zero-order valence-electron chi connectivity index (χ0n) is 11.6. The monoisotopic (exact) mass is 254 g/mol. The Hall–Kier alpha value is -0.610. The van der Waals surface area contributed by atoms with Crippen LogP contribution in [0.15, 0.2) is 0 Å². The smallest absolute Gasteiger partial charge is 0.236 e. The number of aliphatic hydroxyl groups is 1. The number of hydrogen-bond donors (Lipinski definition) is 2. The molecule has 4 nitrogen and oxygen atoms in total. The van der Waals surface area contributed by atoms with Crippen LogP contribution in [0.5, 0.6) is 0 Å². The molecule has 1 saturated heterocycles. The summed E-state index contributed by atoms with van der Waals surface area (Å²) in [7, 11) is 0. The molecule has 0 spiro atoms. The minimum Gasteiger partial charge on any atom is -0.392 e. The van der Waals surface area contributed by atoms with Crippen molar-refractivity contribution in [3.8, 4) is 0 Å². The third kappa shape index (κ3) is 2.86. The first kappa shape index (κ1) is 13.8. The van der Waals surface area contributed by atoms with Gasteiger partial charge in [-0.15, -0.1) is 0 Å². The Balaban J connectivity index is 1.74. The Morgan fingerprint density at radius 1 is 1.28 bits per heavy atom. The van der Waals surface area contributed by atoms with Crippen molar-refractivity contribution < 1.29 is 9.90 Å². The van der Waals surface area contributed by atoms with Crippen LogP contribution in [-0.2, 0) is 4.79 Å². The van der Waals surface area contributed by atoms with Crippen molar-refractivity contribution in [2.45, 2.75) is 58.1 Å². The van der Waals surface area contributed by atoms with E-state index in [1.807, 2.05) is 4.90 Å². The molecule has 0 aromatic heterocycles.